The van der Waals surface area contributed by atoms with E-state index in [1.54, 1.807) is 0 Å². The van der Waals surface area contributed by atoms with E-state index in [4.69, 9.17) is 29.2 Å². The average molecular weight is 516 g/mol. The summed E-state index contributed by atoms with van der Waals surface area (Å²) in [6.07, 6.45) is 3.22. The lowest BCUT2D eigenvalue weighted by Gasteiger charge is -2.29. The van der Waals surface area contributed by atoms with Crippen LogP contribution < -0.4 is 0 Å². The monoisotopic (exact) mass is 515 g/mol. The van der Waals surface area contributed by atoms with Gasteiger partial charge >= 0.3 is 0 Å². The summed E-state index contributed by atoms with van der Waals surface area (Å²) < 4.78 is 19.9. The Morgan fingerprint density at radius 1 is 0.590 bits per heavy atom. The van der Waals surface area contributed by atoms with Gasteiger partial charge in [0.15, 0.2) is 5.90 Å². The topological polar surface area (TPSA) is 64.8 Å². The van der Waals surface area contributed by atoms with Gasteiger partial charge in [0.25, 0.3) is 0 Å². The summed E-state index contributed by atoms with van der Waals surface area (Å²) in [5.41, 5.74) is 7.10. The van der Waals surface area contributed by atoms with E-state index in [0.717, 1.165) is 25.2 Å². The summed E-state index contributed by atoms with van der Waals surface area (Å²) in [6.45, 7) is 2.15. The Balaban J connectivity index is 1.10. The van der Waals surface area contributed by atoms with Gasteiger partial charge < -0.3 is 14.2 Å². The van der Waals surface area contributed by atoms with Gasteiger partial charge in [-0.25, -0.2) is 15.0 Å². The summed E-state index contributed by atoms with van der Waals surface area (Å²) >= 11 is 0. The lowest BCUT2D eigenvalue weighted by molar-refractivity contribution is 0.162. The highest BCUT2D eigenvalue weighted by Gasteiger charge is 2.54. The summed E-state index contributed by atoms with van der Waals surface area (Å²) in [6, 6.07) is 25.7. The second-order valence-electron chi connectivity index (χ2n) is 11.9. The van der Waals surface area contributed by atoms with E-state index < -0.39 is 5.41 Å². The summed E-state index contributed by atoms with van der Waals surface area (Å²) in [5, 5.41) is 0. The number of fused-ring (bicyclic) bond motifs is 9. The molecular formula is C33H29N3O3. The minimum atomic E-state index is -0.699. The first-order valence-corrected chi connectivity index (χ1v) is 14.1. The Bertz CT molecular complexity index is 1550. The predicted octanol–water partition coefficient (Wildman–Crippen LogP) is 5.67. The molecule has 3 aromatic rings. The molecule has 3 aromatic carbocycles. The number of hydrogen-bond acceptors (Lipinski definition) is 6. The van der Waals surface area contributed by atoms with Gasteiger partial charge in [0.05, 0.1) is 0 Å². The molecule has 6 heteroatoms. The van der Waals surface area contributed by atoms with Crippen molar-refractivity contribution in [2.45, 2.75) is 69.0 Å². The van der Waals surface area contributed by atoms with Gasteiger partial charge in [0.2, 0.25) is 11.8 Å². The van der Waals surface area contributed by atoms with E-state index in [0.29, 0.717) is 18.2 Å². The second kappa shape index (κ2) is 7.81. The minimum Gasteiger partial charge on any atom is -0.475 e. The molecule has 0 saturated heterocycles. The molecule has 0 saturated carbocycles. The Morgan fingerprint density at radius 3 is 1.49 bits per heavy atom. The van der Waals surface area contributed by atoms with Crippen molar-refractivity contribution < 1.29 is 14.2 Å². The zero-order valence-corrected chi connectivity index (χ0v) is 21.8. The molecule has 3 aliphatic carbocycles. The van der Waals surface area contributed by atoms with E-state index in [1.807, 2.05) is 0 Å². The Labute approximate surface area is 227 Å². The van der Waals surface area contributed by atoms with E-state index in [2.05, 4.69) is 79.7 Å². The molecule has 0 fully saturated rings. The smallest absolute Gasteiger partial charge is 0.200 e. The van der Waals surface area contributed by atoms with Gasteiger partial charge in [-0.3, -0.25) is 0 Å². The number of hydrogen-bond donors (Lipinski definition) is 0. The molecule has 0 amide bonds. The maximum absolute atomic E-state index is 6.68. The highest BCUT2D eigenvalue weighted by atomic mass is 16.5. The van der Waals surface area contributed by atoms with Crippen LogP contribution in [0, 0.1) is 5.41 Å². The van der Waals surface area contributed by atoms with Crippen LogP contribution in [0.5, 0.6) is 0 Å². The number of benzene rings is 3. The standard InChI is InChI=1S/C33H29N3O3/c1-33(31-35-29-22-12-6-3-9-19(22)15-25(29)38-31,32-36-30-23-13-7-4-10-20(23)16-26(30)39-32)17-27-34-28-21-11-5-2-8-18(21)14-24(28)37-27/h2-13,24-26,28-30H,14-17H2,1H3/t24?,25-,26-,28?,29+,30+/m1/s1. The fraction of sp³-hybridized carbons (Fsp3) is 0.364. The van der Waals surface area contributed by atoms with Crippen LogP contribution in [0.1, 0.15) is 64.9 Å². The minimum absolute atomic E-state index is 0.00967. The van der Waals surface area contributed by atoms with Crippen LogP contribution in [0.15, 0.2) is 87.8 Å². The normalized spacial score (nSPS) is 30.5. The van der Waals surface area contributed by atoms with E-state index in [1.165, 1.54) is 33.4 Å². The molecule has 0 bridgehead atoms. The van der Waals surface area contributed by atoms with Gasteiger partial charge in [0, 0.05) is 25.7 Å². The van der Waals surface area contributed by atoms with Crippen molar-refractivity contribution in [2.75, 3.05) is 0 Å². The van der Waals surface area contributed by atoms with Crippen molar-refractivity contribution in [1.82, 2.24) is 0 Å². The third-order valence-electron chi connectivity index (χ3n) is 9.50. The van der Waals surface area contributed by atoms with E-state index in [9.17, 15) is 0 Å². The van der Waals surface area contributed by atoms with Crippen molar-refractivity contribution in [3.05, 3.63) is 106 Å². The van der Waals surface area contributed by atoms with Crippen LogP contribution in [-0.4, -0.2) is 36.0 Å². The first-order valence-electron chi connectivity index (χ1n) is 14.1. The van der Waals surface area contributed by atoms with Gasteiger partial charge in [-0.1, -0.05) is 72.8 Å². The molecule has 39 heavy (non-hydrogen) atoms. The van der Waals surface area contributed by atoms with Crippen LogP contribution in [0.2, 0.25) is 0 Å². The summed E-state index contributed by atoms with van der Waals surface area (Å²) in [5.74, 6) is 2.14. The Kier molecular flexibility index (Phi) is 4.39. The SMILES string of the molecule is CC(CC1=NC2c3ccccc3CC2O1)(C1=N[C@H]2c3ccccc3C[C@H]2O1)C1=N[C@H]2c3ccccc3C[C@H]2O1. The molecule has 2 unspecified atom stereocenters. The van der Waals surface area contributed by atoms with E-state index in [-0.39, 0.29) is 36.4 Å². The molecule has 0 spiro atoms. The van der Waals surface area contributed by atoms with E-state index >= 15 is 0 Å². The highest BCUT2D eigenvalue weighted by molar-refractivity contribution is 6.09. The molecular weight excluding hydrogens is 486 g/mol. The third kappa shape index (κ3) is 3.11. The summed E-state index contributed by atoms with van der Waals surface area (Å²) in [4.78, 5) is 15.5. The van der Waals surface area contributed by atoms with Crippen LogP contribution >= 0.6 is 0 Å². The number of aliphatic imine (C=N–C) groups is 3. The first kappa shape index (κ1) is 21.9. The van der Waals surface area contributed by atoms with Crippen molar-refractivity contribution in [2.24, 2.45) is 20.4 Å². The Morgan fingerprint density at radius 2 is 1.00 bits per heavy atom. The average Bonchev–Trinajstić information content (AvgIpc) is 3.76. The second-order valence-corrected chi connectivity index (χ2v) is 11.9. The van der Waals surface area contributed by atoms with Gasteiger partial charge in [0.1, 0.15) is 41.9 Å². The van der Waals surface area contributed by atoms with Gasteiger partial charge in [-0.2, -0.15) is 0 Å². The fourth-order valence-corrected chi connectivity index (χ4v) is 7.53. The number of ether oxygens (including phenoxy) is 3. The zero-order valence-electron chi connectivity index (χ0n) is 21.8. The van der Waals surface area contributed by atoms with Gasteiger partial charge in [-0.15, -0.1) is 0 Å². The largest absolute Gasteiger partial charge is 0.475 e. The van der Waals surface area contributed by atoms with Crippen LogP contribution in [-0.2, 0) is 33.5 Å². The Hall–Kier alpha value is -3.93. The number of nitrogens with zero attached hydrogens (tertiary/aromatic N) is 3. The van der Waals surface area contributed by atoms with Crippen molar-refractivity contribution >= 4 is 17.7 Å². The predicted molar refractivity (Wildman–Crippen MR) is 148 cm³/mol. The van der Waals surface area contributed by atoms with Crippen molar-refractivity contribution in [1.29, 1.82) is 0 Å². The molecule has 3 heterocycles. The van der Waals surface area contributed by atoms with Crippen LogP contribution in [0.25, 0.3) is 0 Å². The first-order chi connectivity index (χ1) is 19.1. The highest BCUT2D eigenvalue weighted by Crippen LogP contribution is 2.49. The number of rotatable bonds is 4. The quantitative estimate of drug-likeness (QED) is 0.450. The molecule has 0 radical (unpaired) electrons. The van der Waals surface area contributed by atoms with Gasteiger partial charge in [-0.05, 0) is 40.3 Å². The maximum atomic E-state index is 6.68. The summed E-state index contributed by atoms with van der Waals surface area (Å²) in [7, 11) is 0. The molecule has 9 rings (SSSR count). The molecule has 6 aliphatic rings. The third-order valence-corrected chi connectivity index (χ3v) is 9.50. The molecule has 0 aromatic heterocycles. The maximum Gasteiger partial charge on any atom is 0.200 e. The fourth-order valence-electron chi connectivity index (χ4n) is 7.53. The molecule has 194 valence electrons. The van der Waals surface area contributed by atoms with Crippen LogP contribution in [0.3, 0.4) is 0 Å². The molecule has 6 nitrogen and oxygen atoms in total. The zero-order chi connectivity index (χ0) is 25.7. The molecule has 6 atom stereocenters. The molecule has 3 aliphatic heterocycles. The lowest BCUT2D eigenvalue weighted by atomic mass is 9.85. The molecule has 0 N–H and O–H groups in total. The van der Waals surface area contributed by atoms with Crippen molar-refractivity contribution in [3.8, 4) is 0 Å². The lowest BCUT2D eigenvalue weighted by Crippen LogP contribution is -2.41. The van der Waals surface area contributed by atoms with Crippen molar-refractivity contribution in [3.63, 3.8) is 0 Å². The van der Waals surface area contributed by atoms with Crippen LogP contribution in [0.4, 0.5) is 0 Å².